The van der Waals surface area contributed by atoms with Gasteiger partial charge in [0.25, 0.3) is 0 Å². The molecule has 1 radical (unpaired) electrons. The minimum absolute atomic E-state index is 1.07. The second kappa shape index (κ2) is 3.35. The molecule has 0 atom stereocenters. The molecule has 0 saturated heterocycles. The Morgan fingerprint density at radius 3 is 3.00 bits per heavy atom. The molecule has 0 N–H and O–H groups in total. The number of rotatable bonds is 2. The highest BCUT2D eigenvalue weighted by Gasteiger charge is 1.94. The van der Waals surface area contributed by atoms with E-state index in [9.17, 15) is 0 Å². The van der Waals surface area contributed by atoms with Gasteiger partial charge >= 0.3 is 0 Å². The number of aryl methyl sites for hydroxylation is 2. The summed E-state index contributed by atoms with van der Waals surface area (Å²) in [7, 11) is 0. The van der Waals surface area contributed by atoms with Crippen LogP contribution in [-0.2, 0) is 6.42 Å². The zero-order valence-electron chi connectivity index (χ0n) is 6.52. The van der Waals surface area contributed by atoms with Crippen LogP contribution in [0.25, 0.3) is 0 Å². The van der Waals surface area contributed by atoms with Crippen molar-refractivity contribution in [2.24, 2.45) is 0 Å². The third-order valence-electron chi connectivity index (χ3n) is 1.55. The van der Waals surface area contributed by atoms with E-state index in [2.05, 4.69) is 31.1 Å². The first kappa shape index (κ1) is 7.26. The zero-order chi connectivity index (χ0) is 7.40. The van der Waals surface area contributed by atoms with Crippen LogP contribution in [0.3, 0.4) is 0 Å². The molecule has 0 aliphatic carbocycles. The summed E-state index contributed by atoms with van der Waals surface area (Å²) in [5.74, 6) is 0. The molecule has 0 aromatic carbocycles. The van der Waals surface area contributed by atoms with Crippen molar-refractivity contribution in [2.75, 3.05) is 0 Å². The van der Waals surface area contributed by atoms with E-state index in [0.29, 0.717) is 0 Å². The second-order valence-electron chi connectivity index (χ2n) is 2.45. The Morgan fingerprint density at radius 2 is 2.40 bits per heavy atom. The van der Waals surface area contributed by atoms with Crippen LogP contribution < -0.4 is 0 Å². The van der Waals surface area contributed by atoms with Gasteiger partial charge in [0, 0.05) is 5.69 Å². The van der Waals surface area contributed by atoms with Crippen LogP contribution in [0.4, 0.5) is 0 Å². The molecule has 1 nitrogen and oxygen atoms in total. The lowest BCUT2D eigenvalue weighted by atomic mass is 10.1. The maximum absolute atomic E-state index is 4.14. The van der Waals surface area contributed by atoms with E-state index >= 15 is 0 Å². The molecule has 10 heavy (non-hydrogen) atoms. The van der Waals surface area contributed by atoms with Crippen LogP contribution in [0, 0.1) is 13.1 Å². The molecule has 1 aromatic rings. The van der Waals surface area contributed by atoms with Crippen molar-refractivity contribution in [3.8, 4) is 0 Å². The first-order valence-electron chi connectivity index (χ1n) is 3.67. The van der Waals surface area contributed by atoms with E-state index in [0.717, 1.165) is 12.8 Å². The summed E-state index contributed by atoms with van der Waals surface area (Å²) < 4.78 is 0. The Labute approximate surface area is 62.1 Å². The average molecular weight is 134 g/mol. The summed E-state index contributed by atoms with van der Waals surface area (Å²) in [4.78, 5) is 4.14. The lowest BCUT2D eigenvalue weighted by Gasteiger charge is -1.99. The molecular weight excluding hydrogens is 122 g/mol. The summed E-state index contributed by atoms with van der Waals surface area (Å²) in [5.41, 5.74) is 2.46. The zero-order valence-corrected chi connectivity index (χ0v) is 6.52. The third kappa shape index (κ3) is 1.56. The minimum atomic E-state index is 1.07. The molecule has 0 spiro atoms. The van der Waals surface area contributed by atoms with E-state index in [1.165, 1.54) is 11.3 Å². The Hall–Kier alpha value is -0.850. The number of aromatic nitrogens is 1. The molecule has 0 fully saturated rings. The Bertz CT molecular complexity index is 206. The summed E-state index contributed by atoms with van der Waals surface area (Å²) in [6.45, 7) is 4.25. The summed E-state index contributed by atoms with van der Waals surface area (Å²) >= 11 is 0. The first-order chi connectivity index (χ1) is 4.84. The molecular formula is C9H12N. The quantitative estimate of drug-likeness (QED) is 0.604. The van der Waals surface area contributed by atoms with E-state index in [1.54, 1.807) is 0 Å². The summed E-state index contributed by atoms with van der Waals surface area (Å²) in [6.07, 6.45) is 5.07. The Morgan fingerprint density at radius 1 is 1.60 bits per heavy atom. The van der Waals surface area contributed by atoms with Gasteiger partial charge in [-0.05, 0) is 25.0 Å². The van der Waals surface area contributed by atoms with Gasteiger partial charge in [-0.25, -0.2) is 0 Å². The number of nitrogens with zero attached hydrogens (tertiary/aromatic N) is 1. The van der Waals surface area contributed by atoms with Crippen LogP contribution in [-0.4, -0.2) is 4.98 Å². The maximum atomic E-state index is 4.14. The molecule has 1 heteroatoms. The smallest absolute Gasteiger partial charge is 0.0889 e. The van der Waals surface area contributed by atoms with E-state index in [4.69, 9.17) is 0 Å². The molecule has 0 saturated carbocycles. The number of hydrogen-bond donors (Lipinski definition) is 0. The van der Waals surface area contributed by atoms with Crippen LogP contribution >= 0.6 is 0 Å². The predicted octanol–water partition coefficient (Wildman–Crippen LogP) is 2.14. The number of pyridine rings is 1. The van der Waals surface area contributed by atoms with Crippen molar-refractivity contribution >= 4 is 0 Å². The van der Waals surface area contributed by atoms with Gasteiger partial charge in [0.2, 0.25) is 0 Å². The second-order valence-corrected chi connectivity index (χ2v) is 2.45. The standard InChI is InChI=1S/C9H12N/c1-3-5-9-8(2)6-4-7-10-9/h4,6H,3,5H2,1-2H3. The molecule has 0 bridgehead atoms. The van der Waals surface area contributed by atoms with Crippen molar-refractivity contribution in [1.82, 2.24) is 4.98 Å². The fourth-order valence-corrected chi connectivity index (χ4v) is 0.952. The van der Waals surface area contributed by atoms with Crippen molar-refractivity contribution < 1.29 is 0 Å². The SMILES string of the molecule is CCCc1n[c]ccc1C. The molecule has 0 aliphatic heterocycles. The fourth-order valence-electron chi connectivity index (χ4n) is 0.952. The van der Waals surface area contributed by atoms with Gasteiger partial charge in [-0.2, -0.15) is 0 Å². The van der Waals surface area contributed by atoms with Crippen molar-refractivity contribution in [3.05, 3.63) is 29.6 Å². The van der Waals surface area contributed by atoms with Crippen molar-refractivity contribution in [1.29, 1.82) is 0 Å². The molecule has 0 unspecified atom stereocenters. The number of hydrogen-bond acceptors (Lipinski definition) is 1. The Kier molecular flexibility index (Phi) is 2.43. The van der Waals surface area contributed by atoms with Crippen molar-refractivity contribution in [2.45, 2.75) is 26.7 Å². The third-order valence-corrected chi connectivity index (χ3v) is 1.55. The highest BCUT2D eigenvalue weighted by Crippen LogP contribution is 2.04. The lowest BCUT2D eigenvalue weighted by molar-refractivity contribution is 0.870. The van der Waals surface area contributed by atoms with Crippen LogP contribution in [0.2, 0.25) is 0 Å². The lowest BCUT2D eigenvalue weighted by Crippen LogP contribution is -1.91. The molecule has 1 rings (SSSR count). The van der Waals surface area contributed by atoms with E-state index in [1.807, 2.05) is 6.07 Å². The van der Waals surface area contributed by atoms with Gasteiger partial charge in [-0.1, -0.05) is 19.4 Å². The minimum Gasteiger partial charge on any atom is -0.251 e. The van der Waals surface area contributed by atoms with Gasteiger partial charge in [-0.15, -0.1) is 0 Å². The van der Waals surface area contributed by atoms with Gasteiger partial charge in [0.05, 0.1) is 6.20 Å². The summed E-state index contributed by atoms with van der Waals surface area (Å²) in [5, 5.41) is 0. The normalized spacial score (nSPS) is 9.80. The fraction of sp³-hybridized carbons (Fsp3) is 0.444. The van der Waals surface area contributed by atoms with E-state index < -0.39 is 0 Å². The van der Waals surface area contributed by atoms with Gasteiger partial charge in [0.1, 0.15) is 0 Å². The maximum Gasteiger partial charge on any atom is 0.0889 e. The molecule has 53 valence electrons. The monoisotopic (exact) mass is 134 g/mol. The molecule has 1 aromatic heterocycles. The topological polar surface area (TPSA) is 12.9 Å². The highest BCUT2D eigenvalue weighted by molar-refractivity contribution is 5.16. The average Bonchev–Trinajstić information content (AvgIpc) is 1.94. The van der Waals surface area contributed by atoms with Crippen LogP contribution in [0.15, 0.2) is 12.1 Å². The molecule has 0 aliphatic rings. The first-order valence-corrected chi connectivity index (χ1v) is 3.67. The van der Waals surface area contributed by atoms with Crippen LogP contribution in [0.5, 0.6) is 0 Å². The summed E-state index contributed by atoms with van der Waals surface area (Å²) in [6, 6.07) is 3.91. The largest absolute Gasteiger partial charge is 0.251 e. The van der Waals surface area contributed by atoms with E-state index in [-0.39, 0.29) is 0 Å². The van der Waals surface area contributed by atoms with Gasteiger partial charge in [0.15, 0.2) is 0 Å². The highest BCUT2D eigenvalue weighted by atomic mass is 14.7. The predicted molar refractivity (Wildman–Crippen MR) is 41.8 cm³/mol. The van der Waals surface area contributed by atoms with Crippen LogP contribution in [0.1, 0.15) is 24.6 Å². The Balaban J connectivity index is 2.81. The van der Waals surface area contributed by atoms with Gasteiger partial charge in [-0.3, -0.25) is 4.98 Å². The van der Waals surface area contributed by atoms with Crippen molar-refractivity contribution in [3.63, 3.8) is 0 Å². The molecule has 1 heterocycles. The van der Waals surface area contributed by atoms with Gasteiger partial charge < -0.3 is 0 Å². The molecule has 0 amide bonds.